The first kappa shape index (κ1) is 12.0. The quantitative estimate of drug-likeness (QED) is 0.666. The number of nitrogens with zero attached hydrogens (tertiary/aromatic N) is 1. The number of likely N-dealkylation sites (N-methyl/N-ethyl adjacent to an activating group) is 1. The number of hydrogen-bond donors (Lipinski definition) is 0. The van der Waals surface area contributed by atoms with Gasteiger partial charge >= 0.3 is 0 Å². The van der Waals surface area contributed by atoms with Crippen LogP contribution in [0.4, 0.5) is 0 Å². The van der Waals surface area contributed by atoms with Crippen LogP contribution in [0.25, 0.3) is 0 Å². The van der Waals surface area contributed by atoms with Crippen LogP contribution >= 0.6 is 0 Å². The largest absolute Gasteiger partial charge is 0.497 e. The summed E-state index contributed by atoms with van der Waals surface area (Å²) < 4.78 is 10.1. The summed E-state index contributed by atoms with van der Waals surface area (Å²) in [5, 5.41) is 0. The summed E-state index contributed by atoms with van der Waals surface area (Å²) in [6.07, 6.45) is 1.03. The fraction of sp³-hybridized carbons (Fsp3) is 0.500. The Morgan fingerprint density at radius 1 is 1.13 bits per heavy atom. The van der Waals surface area contributed by atoms with E-state index < -0.39 is 0 Å². The van der Waals surface area contributed by atoms with Gasteiger partial charge in [0.15, 0.2) is 0 Å². The smallest absolute Gasteiger partial charge is 0.118 e. The molecule has 0 aliphatic carbocycles. The number of benzene rings is 1. The molecule has 84 valence electrons. The molecule has 0 saturated carbocycles. The van der Waals surface area contributed by atoms with Crippen molar-refractivity contribution in [2.75, 3.05) is 34.5 Å². The molecule has 1 rings (SSSR count). The first-order chi connectivity index (χ1) is 7.26. The number of methoxy groups -OCH3 is 2. The highest BCUT2D eigenvalue weighted by atomic mass is 16.5. The van der Waals surface area contributed by atoms with Gasteiger partial charge in [0.2, 0.25) is 0 Å². The Morgan fingerprint density at radius 2 is 1.80 bits per heavy atom. The highest BCUT2D eigenvalue weighted by molar-refractivity contribution is 5.27. The molecule has 0 unspecified atom stereocenters. The summed E-state index contributed by atoms with van der Waals surface area (Å²) in [7, 11) is 5.44. The van der Waals surface area contributed by atoms with Gasteiger partial charge in [-0.15, -0.1) is 0 Å². The molecule has 0 spiro atoms. The second-order valence-electron chi connectivity index (χ2n) is 3.60. The Bertz CT molecular complexity index is 271. The molecule has 0 bridgehead atoms. The number of rotatable bonds is 6. The predicted molar refractivity (Wildman–Crippen MR) is 61.2 cm³/mol. The van der Waals surface area contributed by atoms with Crippen LogP contribution in [0.1, 0.15) is 5.56 Å². The second-order valence-corrected chi connectivity index (χ2v) is 3.60. The summed E-state index contributed by atoms with van der Waals surface area (Å²) in [5.41, 5.74) is 1.32. The van der Waals surface area contributed by atoms with Crippen LogP contribution in [0, 0.1) is 0 Å². The van der Waals surface area contributed by atoms with Crippen LogP contribution in [0.15, 0.2) is 24.3 Å². The van der Waals surface area contributed by atoms with Crippen molar-refractivity contribution < 1.29 is 9.47 Å². The first-order valence-electron chi connectivity index (χ1n) is 5.06. The van der Waals surface area contributed by atoms with E-state index in [-0.39, 0.29) is 0 Å². The van der Waals surface area contributed by atoms with Crippen LogP contribution in [-0.2, 0) is 11.2 Å². The summed E-state index contributed by atoms with van der Waals surface area (Å²) in [6.45, 7) is 1.68. The lowest BCUT2D eigenvalue weighted by atomic mass is 10.1. The molecule has 0 heterocycles. The number of hydrogen-bond acceptors (Lipinski definition) is 3. The monoisotopic (exact) mass is 209 g/mol. The van der Waals surface area contributed by atoms with Gasteiger partial charge in [-0.25, -0.2) is 0 Å². The molecule has 0 aliphatic rings. The van der Waals surface area contributed by atoms with Crippen molar-refractivity contribution in [2.45, 2.75) is 6.42 Å². The van der Waals surface area contributed by atoms with Crippen LogP contribution < -0.4 is 4.74 Å². The van der Waals surface area contributed by atoms with Gasteiger partial charge < -0.3 is 9.47 Å². The minimum atomic E-state index is 0.677. The number of ether oxygens (including phenoxy) is 2. The van der Waals surface area contributed by atoms with Gasteiger partial charge in [-0.05, 0) is 31.2 Å². The van der Waals surface area contributed by atoms with Gasteiger partial charge in [0, 0.05) is 13.7 Å². The fourth-order valence-electron chi connectivity index (χ4n) is 1.40. The van der Waals surface area contributed by atoms with Crippen molar-refractivity contribution in [1.82, 2.24) is 4.90 Å². The minimum Gasteiger partial charge on any atom is -0.497 e. The van der Waals surface area contributed by atoms with E-state index in [1.54, 1.807) is 14.2 Å². The molecule has 0 amide bonds. The van der Waals surface area contributed by atoms with E-state index in [1.165, 1.54) is 5.56 Å². The first-order valence-corrected chi connectivity index (χ1v) is 5.06. The van der Waals surface area contributed by atoms with Gasteiger partial charge in [0.25, 0.3) is 0 Å². The standard InChI is InChI=1S/C12H19NO2/c1-13(10-14-2)9-8-11-4-6-12(15-3)7-5-11/h4-7H,8-10H2,1-3H3. The molecular formula is C12H19NO2. The molecular weight excluding hydrogens is 190 g/mol. The van der Waals surface area contributed by atoms with Crippen molar-refractivity contribution in [3.05, 3.63) is 29.8 Å². The molecule has 0 saturated heterocycles. The van der Waals surface area contributed by atoms with Crippen molar-refractivity contribution in [2.24, 2.45) is 0 Å². The molecule has 0 aromatic heterocycles. The van der Waals surface area contributed by atoms with Gasteiger partial charge in [0.1, 0.15) is 5.75 Å². The van der Waals surface area contributed by atoms with Crippen molar-refractivity contribution >= 4 is 0 Å². The Morgan fingerprint density at radius 3 is 2.33 bits per heavy atom. The van der Waals surface area contributed by atoms with E-state index in [4.69, 9.17) is 9.47 Å². The molecule has 0 aliphatic heterocycles. The zero-order valence-corrected chi connectivity index (χ0v) is 9.69. The average Bonchev–Trinajstić information content (AvgIpc) is 2.27. The highest BCUT2D eigenvalue weighted by Gasteiger charge is 1.98. The molecule has 15 heavy (non-hydrogen) atoms. The molecule has 3 nitrogen and oxygen atoms in total. The van der Waals surface area contributed by atoms with Crippen LogP contribution in [0.2, 0.25) is 0 Å². The minimum absolute atomic E-state index is 0.677. The molecule has 0 N–H and O–H groups in total. The molecule has 1 aromatic rings. The van der Waals surface area contributed by atoms with Crippen molar-refractivity contribution in [3.63, 3.8) is 0 Å². The van der Waals surface area contributed by atoms with Crippen LogP contribution in [0.5, 0.6) is 5.75 Å². The SMILES string of the molecule is COCN(C)CCc1ccc(OC)cc1. The summed E-state index contributed by atoms with van der Waals surface area (Å²) in [6, 6.07) is 8.18. The van der Waals surface area contributed by atoms with E-state index >= 15 is 0 Å². The van der Waals surface area contributed by atoms with Crippen LogP contribution in [0.3, 0.4) is 0 Å². The van der Waals surface area contributed by atoms with Gasteiger partial charge in [0.05, 0.1) is 13.8 Å². The molecule has 0 radical (unpaired) electrons. The zero-order chi connectivity index (χ0) is 11.1. The molecule has 0 atom stereocenters. The Labute approximate surface area is 91.6 Å². The Kier molecular flexibility index (Phi) is 5.15. The van der Waals surface area contributed by atoms with Crippen molar-refractivity contribution in [1.29, 1.82) is 0 Å². The van der Waals surface area contributed by atoms with Crippen LogP contribution in [-0.4, -0.2) is 39.4 Å². The average molecular weight is 209 g/mol. The normalized spacial score (nSPS) is 10.7. The van der Waals surface area contributed by atoms with Crippen molar-refractivity contribution in [3.8, 4) is 5.75 Å². The van der Waals surface area contributed by atoms with E-state index in [1.807, 2.05) is 19.2 Å². The topological polar surface area (TPSA) is 21.7 Å². The van der Waals surface area contributed by atoms with Gasteiger partial charge in [-0.1, -0.05) is 12.1 Å². The predicted octanol–water partition coefficient (Wildman–Crippen LogP) is 1.77. The third kappa shape index (κ3) is 4.32. The third-order valence-corrected chi connectivity index (χ3v) is 2.29. The summed E-state index contributed by atoms with van der Waals surface area (Å²) in [4.78, 5) is 2.14. The van der Waals surface area contributed by atoms with E-state index in [0.29, 0.717) is 6.73 Å². The maximum absolute atomic E-state index is 5.10. The zero-order valence-electron chi connectivity index (χ0n) is 9.69. The lowest BCUT2D eigenvalue weighted by molar-refractivity contribution is 0.0827. The summed E-state index contributed by atoms with van der Waals surface area (Å²) in [5.74, 6) is 0.906. The molecule has 0 fully saturated rings. The van der Waals surface area contributed by atoms with E-state index in [0.717, 1.165) is 18.7 Å². The maximum atomic E-state index is 5.10. The second kappa shape index (κ2) is 6.43. The summed E-state index contributed by atoms with van der Waals surface area (Å²) >= 11 is 0. The lowest BCUT2D eigenvalue weighted by Gasteiger charge is -2.14. The Hall–Kier alpha value is -1.06. The fourth-order valence-corrected chi connectivity index (χ4v) is 1.40. The maximum Gasteiger partial charge on any atom is 0.118 e. The third-order valence-electron chi connectivity index (χ3n) is 2.29. The lowest BCUT2D eigenvalue weighted by Crippen LogP contribution is -2.23. The van der Waals surface area contributed by atoms with E-state index in [9.17, 15) is 0 Å². The van der Waals surface area contributed by atoms with Gasteiger partial charge in [-0.2, -0.15) is 0 Å². The molecule has 1 aromatic carbocycles. The van der Waals surface area contributed by atoms with Gasteiger partial charge in [-0.3, -0.25) is 4.90 Å². The van der Waals surface area contributed by atoms with E-state index in [2.05, 4.69) is 17.0 Å². The Balaban J connectivity index is 2.37. The molecule has 3 heteroatoms. The highest BCUT2D eigenvalue weighted by Crippen LogP contribution is 2.11.